The van der Waals surface area contributed by atoms with E-state index in [1.807, 2.05) is 24.3 Å². The molecule has 8 atom stereocenters. The number of nitrogens with two attached hydrogens (primary N) is 2. The summed E-state index contributed by atoms with van der Waals surface area (Å²) in [6, 6.07) is 20.2. The van der Waals surface area contributed by atoms with Gasteiger partial charge < -0.3 is 36.8 Å². The molecule has 0 unspecified atom stereocenters. The number of primary amides is 1. The van der Waals surface area contributed by atoms with Crippen molar-refractivity contribution in [1.82, 2.24) is 15.1 Å². The van der Waals surface area contributed by atoms with Crippen molar-refractivity contribution in [2.24, 2.45) is 41.1 Å². The van der Waals surface area contributed by atoms with Crippen molar-refractivity contribution in [3.05, 3.63) is 107 Å². The molecule has 352 valence electrons. The molecule has 4 aromatic rings. The van der Waals surface area contributed by atoms with E-state index in [4.69, 9.17) is 23.1 Å². The monoisotopic (exact) mass is 931 g/mol. The zero-order valence-corrected chi connectivity index (χ0v) is 38.7. The fraction of sp³-hybridized carbons (Fsp3) is 0.404. The number of nitrogens with zero attached hydrogens (tertiary/aromatic N) is 2. The summed E-state index contributed by atoms with van der Waals surface area (Å²) in [5.74, 6) is -6.21. The Labute approximate surface area is 395 Å². The highest BCUT2D eigenvalue weighted by atomic mass is 35.5. The van der Waals surface area contributed by atoms with Crippen molar-refractivity contribution in [2.45, 2.75) is 83.3 Å². The van der Waals surface area contributed by atoms with Crippen molar-refractivity contribution < 1.29 is 43.8 Å². The van der Waals surface area contributed by atoms with Gasteiger partial charge in [0.1, 0.15) is 23.6 Å². The first-order valence-corrected chi connectivity index (χ1v) is 23.3. The number of fused-ring (bicyclic) bond motifs is 6. The maximum Gasteiger partial charge on any atom is 0.240 e. The molecule has 1 saturated heterocycles. The molecule has 7 N–H and O–H groups in total. The van der Waals surface area contributed by atoms with Crippen LogP contribution in [0, 0.1) is 29.6 Å². The minimum atomic E-state index is -1.30. The molecule has 1 saturated carbocycles. The van der Waals surface area contributed by atoms with E-state index in [-0.39, 0.29) is 71.8 Å². The quantitative estimate of drug-likeness (QED) is 0.0673. The lowest BCUT2D eigenvalue weighted by molar-refractivity contribution is -0.143. The second kappa shape index (κ2) is 20.6. The number of carbonyl (C=O) groups is 7. The highest BCUT2D eigenvalue weighted by Crippen LogP contribution is 2.50. The summed E-state index contributed by atoms with van der Waals surface area (Å²) in [5, 5.41) is 25.9. The van der Waals surface area contributed by atoms with Gasteiger partial charge >= 0.3 is 0 Å². The van der Waals surface area contributed by atoms with Crippen LogP contribution in [0.2, 0.25) is 5.02 Å². The number of Topliss-reactive ketones (excluding diaryl/α,β-unsaturated/α-hetero) is 3. The van der Waals surface area contributed by atoms with E-state index in [0.717, 1.165) is 17.5 Å². The molecule has 14 nitrogen and oxygen atoms in total. The van der Waals surface area contributed by atoms with E-state index in [9.17, 15) is 43.8 Å². The number of carbonyl (C=O) groups excluding carboxylic acids is 7. The number of nitrogens with one attached hydrogen (secondary N) is 1. The van der Waals surface area contributed by atoms with Gasteiger partial charge in [0.2, 0.25) is 23.6 Å². The molecule has 2 heterocycles. The van der Waals surface area contributed by atoms with Crippen molar-refractivity contribution >= 4 is 52.6 Å². The number of likely N-dealkylation sites (tertiary alicyclic amines) is 1. The zero-order chi connectivity index (χ0) is 48.3. The number of hydrogen-bond acceptors (Lipinski definition) is 10. The Bertz CT molecular complexity index is 2570. The largest absolute Gasteiger partial charge is 0.507 e. The third kappa shape index (κ3) is 10.9. The number of halogens is 1. The van der Waals surface area contributed by atoms with E-state index >= 15 is 0 Å². The molecule has 67 heavy (non-hydrogen) atoms. The molecule has 2 fully saturated rings. The summed E-state index contributed by atoms with van der Waals surface area (Å²) >= 11 is 6.07. The fourth-order valence-corrected chi connectivity index (χ4v) is 9.88. The van der Waals surface area contributed by atoms with E-state index in [0.29, 0.717) is 54.1 Å². The van der Waals surface area contributed by atoms with Crippen LogP contribution in [0.3, 0.4) is 0 Å². The number of aromatic hydroxyl groups is 2. The van der Waals surface area contributed by atoms with Crippen LogP contribution in [-0.4, -0.2) is 93.2 Å². The summed E-state index contributed by atoms with van der Waals surface area (Å²) in [5.41, 5.74) is 14.8. The average molecular weight is 933 g/mol. The molecule has 0 radical (unpaired) electrons. The molecule has 4 aromatic carbocycles. The third-order valence-corrected chi connectivity index (χ3v) is 13.9. The smallest absolute Gasteiger partial charge is 0.240 e. The summed E-state index contributed by atoms with van der Waals surface area (Å²) in [7, 11) is 1.47. The van der Waals surface area contributed by atoms with Gasteiger partial charge in [-0.1, -0.05) is 80.4 Å². The van der Waals surface area contributed by atoms with Crippen molar-refractivity contribution in [3.8, 4) is 33.8 Å². The number of rotatable bonds is 15. The van der Waals surface area contributed by atoms with Gasteiger partial charge in [-0.2, -0.15) is 0 Å². The number of phenolic OH excluding ortho intramolecular Hbond substituents is 2. The summed E-state index contributed by atoms with van der Waals surface area (Å²) in [6.45, 7) is 3.91. The molecule has 3 aliphatic rings. The van der Waals surface area contributed by atoms with Crippen LogP contribution in [0.15, 0.2) is 84.9 Å². The van der Waals surface area contributed by atoms with Crippen molar-refractivity contribution in [1.29, 1.82) is 0 Å². The standard InChI is InChI=1S/C52H58ClN5O9/c1-28-20-46(63)47(57(3)52(67)35(6-4-5-19-54)26-44(61)33-10-8-31(9-11-33)32-12-15-37(53)16-13-32)34-14-18-43(60)40(24-34)39-22-30(7-17-42(39)59)23-41(56-50(28)65)45(62)21-29(2)51(66)58-27-36-25-38(36)48(58)49(55)64/h7-18,22,24,28-29,35-36,38,41,47-48,59-60H,4-6,19-21,23,25-27,54H2,1-3H3,(H2,55,64)(H,56,65)/t28-,29-,35-,36-,38-,41+,47+,48+/m1/s1. The molecule has 7 rings (SSSR count). The second-order valence-corrected chi connectivity index (χ2v) is 19.0. The van der Waals surface area contributed by atoms with Crippen LogP contribution >= 0.6 is 11.6 Å². The van der Waals surface area contributed by atoms with E-state index in [1.54, 1.807) is 50.2 Å². The summed E-state index contributed by atoms with van der Waals surface area (Å²) in [6.07, 6.45) is 1.44. The second-order valence-electron chi connectivity index (χ2n) is 18.6. The Morgan fingerprint density at radius 1 is 0.866 bits per heavy atom. The lowest BCUT2D eigenvalue weighted by Crippen LogP contribution is -2.49. The maximum atomic E-state index is 14.7. The summed E-state index contributed by atoms with van der Waals surface area (Å²) in [4.78, 5) is 100. The minimum absolute atomic E-state index is 0.0247. The van der Waals surface area contributed by atoms with Gasteiger partial charge in [0.15, 0.2) is 17.3 Å². The number of hydrogen-bond donors (Lipinski definition) is 5. The van der Waals surface area contributed by atoms with Crippen molar-refractivity contribution in [2.75, 3.05) is 20.1 Å². The molecule has 0 aromatic heterocycles. The number of ketones is 3. The van der Waals surface area contributed by atoms with Crippen molar-refractivity contribution in [3.63, 3.8) is 0 Å². The number of likely N-dealkylation sites (N-methyl/N-ethyl adjacent to an activating group) is 1. The van der Waals surface area contributed by atoms with E-state index < -0.39 is 65.2 Å². The Hall–Kier alpha value is -6.38. The molecule has 4 bridgehead atoms. The van der Waals surface area contributed by atoms with E-state index in [2.05, 4.69) is 5.32 Å². The lowest BCUT2D eigenvalue weighted by atomic mass is 9.87. The van der Waals surface area contributed by atoms with Crippen LogP contribution in [-0.2, 0) is 35.2 Å². The number of piperidine rings is 1. The molecular formula is C52H58ClN5O9. The highest BCUT2D eigenvalue weighted by molar-refractivity contribution is 6.30. The minimum Gasteiger partial charge on any atom is -0.507 e. The first kappa shape index (κ1) is 48.6. The van der Waals surface area contributed by atoms with Crippen LogP contribution in [0.1, 0.15) is 86.3 Å². The van der Waals surface area contributed by atoms with Gasteiger partial charge in [0, 0.05) is 72.3 Å². The first-order valence-electron chi connectivity index (χ1n) is 22.9. The zero-order valence-electron chi connectivity index (χ0n) is 38.0. The molecule has 2 aliphatic heterocycles. The Morgan fingerprint density at radius 3 is 2.16 bits per heavy atom. The molecular weight excluding hydrogens is 874 g/mol. The highest BCUT2D eigenvalue weighted by Gasteiger charge is 2.56. The number of benzene rings is 4. The van der Waals surface area contributed by atoms with Crippen LogP contribution < -0.4 is 16.8 Å². The summed E-state index contributed by atoms with van der Waals surface area (Å²) < 4.78 is 0. The number of phenols is 2. The molecule has 0 spiro atoms. The third-order valence-electron chi connectivity index (χ3n) is 13.7. The Morgan fingerprint density at radius 2 is 1.51 bits per heavy atom. The van der Waals surface area contributed by atoms with Crippen LogP contribution in [0.4, 0.5) is 0 Å². The molecule has 1 aliphatic carbocycles. The van der Waals surface area contributed by atoms with Gasteiger partial charge in [-0.15, -0.1) is 0 Å². The van der Waals surface area contributed by atoms with Gasteiger partial charge in [0.25, 0.3) is 0 Å². The van der Waals surface area contributed by atoms with Gasteiger partial charge in [-0.25, -0.2) is 0 Å². The van der Waals surface area contributed by atoms with Gasteiger partial charge in [-0.05, 0) is 103 Å². The fourth-order valence-electron chi connectivity index (χ4n) is 9.76. The van der Waals surface area contributed by atoms with E-state index in [1.165, 1.54) is 41.1 Å². The normalized spacial score (nSPS) is 22.1. The first-order chi connectivity index (χ1) is 31.9. The predicted molar refractivity (Wildman–Crippen MR) is 252 cm³/mol. The lowest BCUT2D eigenvalue weighted by Gasteiger charge is -2.32. The predicted octanol–water partition coefficient (Wildman–Crippen LogP) is 6.17. The molecule has 4 amide bonds. The van der Waals surface area contributed by atoms with Gasteiger partial charge in [-0.3, -0.25) is 33.6 Å². The Balaban J connectivity index is 1.16. The number of unbranched alkanes of at least 4 members (excludes halogenated alkanes) is 1. The van der Waals surface area contributed by atoms with Crippen LogP contribution in [0.5, 0.6) is 11.5 Å². The topological polar surface area (TPSA) is 230 Å². The maximum absolute atomic E-state index is 14.7. The van der Waals surface area contributed by atoms with Gasteiger partial charge in [0.05, 0.1) is 6.04 Å². The number of amides is 4. The average Bonchev–Trinajstić information content (AvgIpc) is 3.96. The van der Waals surface area contributed by atoms with Crippen LogP contribution in [0.25, 0.3) is 22.3 Å². The molecule has 15 heteroatoms. The Kier molecular flexibility index (Phi) is 15.0. The SMILES string of the molecule is C[C@@H]1CC(=O)[C@@H](N(C)C(=O)[C@H](CCCCN)CC(=O)c2ccc(-c3ccc(Cl)cc3)cc2)c2ccc(O)c(c2)-c2cc(ccc2O)C[C@@H](C(=O)C[C@@H](C)C(=O)N2C[C@H]3C[C@H]3[C@H]2C(N)=O)NC1=O.